The maximum atomic E-state index is 11.9. The second kappa shape index (κ2) is 6.67. The first-order valence-corrected chi connectivity index (χ1v) is 6.13. The summed E-state index contributed by atoms with van der Waals surface area (Å²) in [5.74, 6) is 0.125. The minimum atomic E-state index is -0.300. The van der Waals surface area contributed by atoms with Gasteiger partial charge in [0.2, 0.25) is 5.91 Å². The Morgan fingerprint density at radius 1 is 1.41 bits per heavy atom. The zero-order valence-corrected chi connectivity index (χ0v) is 11.3. The number of para-hydroxylation sites is 1. The van der Waals surface area contributed by atoms with Crippen LogP contribution in [0, 0.1) is 5.92 Å². The van der Waals surface area contributed by atoms with Gasteiger partial charge in [0.05, 0.1) is 11.9 Å². The number of thiol groups is 1. The molecule has 4 heteroatoms. The Labute approximate surface area is 108 Å². The fourth-order valence-electron chi connectivity index (χ4n) is 1.43. The minimum Gasteiger partial charge on any atom is -0.380 e. The van der Waals surface area contributed by atoms with Crippen LogP contribution in [0.15, 0.2) is 24.3 Å². The van der Waals surface area contributed by atoms with Gasteiger partial charge in [0, 0.05) is 18.4 Å². The Morgan fingerprint density at radius 2 is 2.06 bits per heavy atom. The van der Waals surface area contributed by atoms with Gasteiger partial charge in [0.15, 0.2) is 0 Å². The maximum Gasteiger partial charge on any atom is 0.237 e. The molecule has 0 heterocycles. The number of anilines is 1. The van der Waals surface area contributed by atoms with Crippen molar-refractivity contribution in [1.82, 2.24) is 0 Å². The lowest BCUT2D eigenvalue weighted by atomic mass is 10.1. The fourth-order valence-corrected chi connectivity index (χ4v) is 1.50. The average molecular weight is 253 g/mol. The highest BCUT2D eigenvalue weighted by Crippen LogP contribution is 2.18. The predicted octanol–water partition coefficient (Wildman–Crippen LogP) is 2.73. The number of carbonyl (C=O) groups excluding carboxylic acids is 1. The first-order valence-electron chi connectivity index (χ1n) is 5.62. The normalized spacial score (nSPS) is 12.5. The first kappa shape index (κ1) is 14.1. The quantitative estimate of drug-likeness (QED) is 0.792. The summed E-state index contributed by atoms with van der Waals surface area (Å²) in [7, 11) is 1.63. The molecule has 0 saturated carbocycles. The van der Waals surface area contributed by atoms with Gasteiger partial charge < -0.3 is 10.1 Å². The highest BCUT2D eigenvalue weighted by molar-refractivity contribution is 7.81. The molecule has 0 aliphatic heterocycles. The molecule has 0 spiro atoms. The van der Waals surface area contributed by atoms with Crippen LogP contribution < -0.4 is 5.32 Å². The fraction of sp³-hybridized carbons (Fsp3) is 0.462. The molecule has 0 aliphatic rings. The monoisotopic (exact) mass is 253 g/mol. The zero-order valence-electron chi connectivity index (χ0n) is 10.4. The van der Waals surface area contributed by atoms with Crippen LogP contribution >= 0.6 is 12.6 Å². The summed E-state index contributed by atoms with van der Waals surface area (Å²) in [5, 5.41) is 2.58. The van der Waals surface area contributed by atoms with Gasteiger partial charge in [0.25, 0.3) is 0 Å². The Balaban J connectivity index is 2.77. The highest BCUT2D eigenvalue weighted by atomic mass is 32.1. The van der Waals surface area contributed by atoms with E-state index in [1.165, 1.54) is 0 Å². The number of nitrogens with one attached hydrogen (secondary N) is 1. The van der Waals surface area contributed by atoms with E-state index in [9.17, 15) is 4.79 Å². The van der Waals surface area contributed by atoms with Gasteiger partial charge >= 0.3 is 0 Å². The summed E-state index contributed by atoms with van der Waals surface area (Å²) >= 11 is 4.29. The summed E-state index contributed by atoms with van der Waals surface area (Å²) in [4.78, 5) is 11.9. The van der Waals surface area contributed by atoms with Gasteiger partial charge in [0.1, 0.15) is 0 Å². The zero-order chi connectivity index (χ0) is 12.8. The molecule has 0 bridgehead atoms. The second-order valence-corrected chi connectivity index (χ2v) is 4.82. The van der Waals surface area contributed by atoms with E-state index in [1.54, 1.807) is 7.11 Å². The van der Waals surface area contributed by atoms with Crippen LogP contribution in [0.4, 0.5) is 5.69 Å². The smallest absolute Gasteiger partial charge is 0.237 e. The number of hydrogen-bond acceptors (Lipinski definition) is 3. The number of carbonyl (C=O) groups is 1. The molecule has 17 heavy (non-hydrogen) atoms. The molecular formula is C13H19NO2S. The van der Waals surface area contributed by atoms with E-state index in [1.807, 2.05) is 38.1 Å². The lowest BCUT2D eigenvalue weighted by Gasteiger charge is -2.16. The molecule has 1 aromatic carbocycles. The van der Waals surface area contributed by atoms with Crippen LogP contribution in [-0.4, -0.2) is 18.3 Å². The predicted molar refractivity (Wildman–Crippen MR) is 73.4 cm³/mol. The standard InChI is InChI=1S/C13H19NO2S/c1-9(2)12(17)13(15)14-11-7-5-4-6-10(11)8-16-3/h4-7,9,12,17H,8H2,1-3H3,(H,14,15). The number of hydrogen-bond donors (Lipinski definition) is 2. The molecule has 0 saturated heterocycles. The molecule has 1 rings (SSSR count). The Kier molecular flexibility index (Phi) is 5.51. The van der Waals surface area contributed by atoms with Crippen molar-refractivity contribution >= 4 is 24.2 Å². The summed E-state index contributed by atoms with van der Waals surface area (Å²) in [6.45, 7) is 4.42. The Bertz CT molecular complexity index is 379. The van der Waals surface area contributed by atoms with Crippen LogP contribution in [0.5, 0.6) is 0 Å². The van der Waals surface area contributed by atoms with E-state index >= 15 is 0 Å². The van der Waals surface area contributed by atoms with Crippen molar-refractivity contribution in [2.24, 2.45) is 5.92 Å². The molecule has 0 aliphatic carbocycles. The van der Waals surface area contributed by atoms with Crippen molar-refractivity contribution in [2.75, 3.05) is 12.4 Å². The summed E-state index contributed by atoms with van der Waals surface area (Å²) < 4.78 is 5.09. The molecule has 1 aromatic rings. The average Bonchev–Trinajstić information content (AvgIpc) is 2.30. The van der Waals surface area contributed by atoms with E-state index in [0.717, 1.165) is 11.3 Å². The molecule has 3 nitrogen and oxygen atoms in total. The number of benzene rings is 1. The van der Waals surface area contributed by atoms with Crippen LogP contribution in [0.25, 0.3) is 0 Å². The number of rotatable bonds is 5. The van der Waals surface area contributed by atoms with Crippen LogP contribution in [-0.2, 0) is 16.1 Å². The summed E-state index contributed by atoms with van der Waals surface area (Å²) in [6, 6.07) is 7.61. The Hall–Kier alpha value is -1.000. The molecular weight excluding hydrogens is 234 g/mol. The van der Waals surface area contributed by atoms with Crippen LogP contribution in [0.3, 0.4) is 0 Å². The van der Waals surface area contributed by atoms with E-state index in [4.69, 9.17) is 4.74 Å². The second-order valence-electron chi connectivity index (χ2n) is 4.27. The molecule has 0 radical (unpaired) electrons. The Morgan fingerprint density at radius 3 is 2.65 bits per heavy atom. The molecule has 1 amide bonds. The van der Waals surface area contributed by atoms with Crippen molar-refractivity contribution in [1.29, 1.82) is 0 Å². The van der Waals surface area contributed by atoms with E-state index in [0.29, 0.717) is 6.61 Å². The molecule has 1 N–H and O–H groups in total. The van der Waals surface area contributed by atoms with Crippen molar-refractivity contribution < 1.29 is 9.53 Å². The van der Waals surface area contributed by atoms with Gasteiger partial charge in [-0.1, -0.05) is 32.0 Å². The molecule has 0 aromatic heterocycles. The van der Waals surface area contributed by atoms with Crippen LogP contribution in [0.2, 0.25) is 0 Å². The number of ether oxygens (including phenoxy) is 1. The van der Waals surface area contributed by atoms with Gasteiger partial charge in [-0.2, -0.15) is 12.6 Å². The summed E-state index contributed by atoms with van der Waals surface area (Å²) in [5.41, 5.74) is 1.76. The van der Waals surface area contributed by atoms with Crippen molar-refractivity contribution in [2.45, 2.75) is 25.7 Å². The van der Waals surface area contributed by atoms with Crippen LogP contribution in [0.1, 0.15) is 19.4 Å². The maximum absolute atomic E-state index is 11.9. The van der Waals surface area contributed by atoms with Crippen molar-refractivity contribution in [3.05, 3.63) is 29.8 Å². The van der Waals surface area contributed by atoms with E-state index in [-0.39, 0.29) is 17.1 Å². The third-order valence-electron chi connectivity index (χ3n) is 2.48. The minimum absolute atomic E-state index is 0.0770. The summed E-state index contributed by atoms with van der Waals surface area (Å²) in [6.07, 6.45) is 0. The third-order valence-corrected chi connectivity index (χ3v) is 3.31. The SMILES string of the molecule is COCc1ccccc1NC(=O)C(S)C(C)C. The lowest BCUT2D eigenvalue weighted by Crippen LogP contribution is -2.28. The molecule has 1 unspecified atom stereocenters. The van der Waals surface area contributed by atoms with Gasteiger partial charge in [-0.25, -0.2) is 0 Å². The van der Waals surface area contributed by atoms with Gasteiger partial charge in [-0.3, -0.25) is 4.79 Å². The van der Waals surface area contributed by atoms with E-state index in [2.05, 4.69) is 17.9 Å². The topological polar surface area (TPSA) is 38.3 Å². The van der Waals surface area contributed by atoms with Gasteiger partial charge in [-0.05, 0) is 12.0 Å². The molecule has 94 valence electrons. The molecule has 1 atom stereocenters. The lowest BCUT2D eigenvalue weighted by molar-refractivity contribution is -0.116. The highest BCUT2D eigenvalue weighted by Gasteiger charge is 2.18. The largest absolute Gasteiger partial charge is 0.380 e. The number of methoxy groups -OCH3 is 1. The van der Waals surface area contributed by atoms with Gasteiger partial charge in [-0.15, -0.1) is 0 Å². The van der Waals surface area contributed by atoms with Crippen molar-refractivity contribution in [3.8, 4) is 0 Å². The third kappa shape index (κ3) is 4.06. The van der Waals surface area contributed by atoms with E-state index < -0.39 is 0 Å². The van der Waals surface area contributed by atoms with Crippen molar-refractivity contribution in [3.63, 3.8) is 0 Å². The first-order chi connectivity index (χ1) is 8.06. The number of amides is 1. The molecule has 0 fully saturated rings.